The molecule has 0 spiro atoms. The van der Waals surface area contributed by atoms with Crippen LogP contribution in [0.3, 0.4) is 0 Å². The van der Waals surface area contributed by atoms with Gasteiger partial charge in [0, 0.05) is 0 Å². The average Bonchev–Trinajstić information content (AvgIpc) is 2.59. The lowest BCUT2D eigenvalue weighted by Crippen LogP contribution is -2.47. The third-order valence-corrected chi connectivity index (χ3v) is 3.16. The molecule has 2 fully saturated rings. The molecule has 2 aliphatic heterocycles. The molecule has 0 bridgehead atoms. The predicted molar refractivity (Wildman–Crippen MR) is 51.0 cm³/mol. The third kappa shape index (κ3) is 1.59. The maximum Gasteiger partial charge on any atom is 0.190 e. The van der Waals surface area contributed by atoms with Gasteiger partial charge in [-0.3, -0.25) is 0 Å². The van der Waals surface area contributed by atoms with Gasteiger partial charge < -0.3 is 24.4 Å². The summed E-state index contributed by atoms with van der Waals surface area (Å²) in [4.78, 5) is 0. The van der Waals surface area contributed by atoms with E-state index in [0.29, 0.717) is 6.42 Å². The lowest BCUT2D eigenvalue weighted by atomic mass is 9.93. The Bertz CT molecular complexity index is 248. The number of fused-ring (bicyclic) bond motifs is 1. The molecule has 1 unspecified atom stereocenters. The van der Waals surface area contributed by atoms with Crippen molar-refractivity contribution in [2.24, 2.45) is 0 Å². The molecular formula is C10H18O5. The van der Waals surface area contributed by atoms with Gasteiger partial charge in [-0.2, -0.15) is 0 Å². The Kier molecular flexibility index (Phi) is 2.56. The summed E-state index contributed by atoms with van der Waals surface area (Å²) in [7, 11) is 0. The number of rotatable bonds is 2. The minimum absolute atomic E-state index is 0.231. The Morgan fingerprint density at radius 1 is 1.20 bits per heavy atom. The van der Waals surface area contributed by atoms with Crippen LogP contribution in [0.5, 0.6) is 0 Å². The molecule has 4 atom stereocenters. The molecule has 5 heteroatoms. The quantitative estimate of drug-likeness (QED) is 0.682. The van der Waals surface area contributed by atoms with E-state index in [2.05, 4.69) is 0 Å². The van der Waals surface area contributed by atoms with Gasteiger partial charge >= 0.3 is 0 Å². The fraction of sp³-hybridized carbons (Fsp3) is 1.00. The van der Waals surface area contributed by atoms with Crippen molar-refractivity contribution in [2.45, 2.75) is 57.1 Å². The molecule has 5 nitrogen and oxygen atoms in total. The first-order valence-corrected chi connectivity index (χ1v) is 5.26. The summed E-state index contributed by atoms with van der Waals surface area (Å²) >= 11 is 0. The first-order valence-electron chi connectivity index (χ1n) is 5.26. The van der Waals surface area contributed by atoms with Gasteiger partial charge in [0.05, 0.1) is 6.61 Å². The molecule has 0 aromatic rings. The van der Waals surface area contributed by atoms with Gasteiger partial charge in [-0.1, -0.05) is 6.92 Å². The number of ether oxygens (including phenoxy) is 3. The predicted octanol–water partition coefficient (Wildman–Crippen LogP) is -0.00380. The fourth-order valence-electron chi connectivity index (χ4n) is 2.20. The van der Waals surface area contributed by atoms with Crippen LogP contribution < -0.4 is 0 Å². The first kappa shape index (κ1) is 11.3. The molecular weight excluding hydrogens is 200 g/mol. The second kappa shape index (κ2) is 3.40. The van der Waals surface area contributed by atoms with Crippen LogP contribution >= 0.6 is 0 Å². The van der Waals surface area contributed by atoms with Crippen molar-refractivity contribution in [1.82, 2.24) is 0 Å². The van der Waals surface area contributed by atoms with Crippen LogP contribution in [0, 0.1) is 0 Å². The van der Waals surface area contributed by atoms with Crippen molar-refractivity contribution in [1.29, 1.82) is 0 Å². The van der Waals surface area contributed by atoms with E-state index in [1.165, 1.54) is 0 Å². The van der Waals surface area contributed by atoms with Crippen molar-refractivity contribution in [3.8, 4) is 0 Å². The minimum atomic E-state index is -0.939. The zero-order valence-corrected chi connectivity index (χ0v) is 9.27. The van der Waals surface area contributed by atoms with Crippen molar-refractivity contribution in [3.05, 3.63) is 0 Å². The third-order valence-electron chi connectivity index (χ3n) is 3.16. The molecule has 15 heavy (non-hydrogen) atoms. The Hall–Kier alpha value is -0.200. The Morgan fingerprint density at radius 2 is 1.87 bits per heavy atom. The highest BCUT2D eigenvalue weighted by Crippen LogP contribution is 2.43. The molecule has 0 aliphatic carbocycles. The van der Waals surface area contributed by atoms with E-state index in [0.717, 1.165) is 0 Å². The second-order valence-corrected chi connectivity index (χ2v) is 4.61. The minimum Gasteiger partial charge on any atom is -0.393 e. The van der Waals surface area contributed by atoms with Crippen LogP contribution in [0.1, 0.15) is 27.2 Å². The van der Waals surface area contributed by atoms with E-state index < -0.39 is 29.9 Å². The second-order valence-electron chi connectivity index (χ2n) is 4.61. The molecule has 0 aromatic heterocycles. The Morgan fingerprint density at radius 3 is 2.33 bits per heavy atom. The van der Waals surface area contributed by atoms with Gasteiger partial charge in [0.1, 0.15) is 17.8 Å². The first-order chi connectivity index (χ1) is 6.94. The standard InChI is InChI=1S/C10H18O5/c1-4-10(5-11)7(12)6-8(15-10)14-9(2,3)13-6/h6-8,11-12H,4-5H2,1-3H3/t6-,7?,8+,10-/m0/s1. The molecule has 88 valence electrons. The molecule has 0 radical (unpaired) electrons. The van der Waals surface area contributed by atoms with Gasteiger partial charge in [-0.15, -0.1) is 0 Å². The maximum atomic E-state index is 10.1. The Balaban J connectivity index is 2.17. The van der Waals surface area contributed by atoms with Crippen LogP contribution in [0.2, 0.25) is 0 Å². The number of hydrogen-bond acceptors (Lipinski definition) is 5. The van der Waals surface area contributed by atoms with E-state index in [9.17, 15) is 10.2 Å². The van der Waals surface area contributed by atoms with Gasteiger partial charge in [0.2, 0.25) is 0 Å². The number of aliphatic hydroxyl groups excluding tert-OH is 2. The summed E-state index contributed by atoms with van der Waals surface area (Å²) in [6, 6.07) is 0. The number of aliphatic hydroxyl groups is 2. The summed E-state index contributed by atoms with van der Waals surface area (Å²) in [5.74, 6) is -0.730. The van der Waals surface area contributed by atoms with E-state index in [4.69, 9.17) is 14.2 Å². The van der Waals surface area contributed by atoms with E-state index in [1.54, 1.807) is 13.8 Å². The Labute approximate surface area is 88.9 Å². The largest absolute Gasteiger partial charge is 0.393 e. The molecule has 2 heterocycles. The summed E-state index contributed by atoms with van der Waals surface area (Å²) in [5.41, 5.74) is -0.939. The van der Waals surface area contributed by atoms with Crippen LogP contribution in [-0.2, 0) is 14.2 Å². The van der Waals surface area contributed by atoms with Crippen molar-refractivity contribution < 1.29 is 24.4 Å². The molecule has 2 N–H and O–H groups in total. The zero-order valence-electron chi connectivity index (χ0n) is 9.27. The fourth-order valence-corrected chi connectivity index (χ4v) is 2.20. The summed E-state index contributed by atoms with van der Waals surface area (Å²) in [6.07, 6.45) is -1.42. The average molecular weight is 218 g/mol. The highest BCUT2D eigenvalue weighted by atomic mass is 16.8. The molecule has 2 rings (SSSR count). The molecule has 0 amide bonds. The lowest BCUT2D eigenvalue weighted by molar-refractivity contribution is -0.246. The highest BCUT2D eigenvalue weighted by Gasteiger charge is 2.60. The number of hydrogen-bond donors (Lipinski definition) is 2. The molecule has 0 saturated carbocycles. The maximum absolute atomic E-state index is 10.1. The van der Waals surface area contributed by atoms with Gasteiger partial charge in [0.15, 0.2) is 12.1 Å². The van der Waals surface area contributed by atoms with Crippen molar-refractivity contribution in [3.63, 3.8) is 0 Å². The molecule has 2 aliphatic rings. The van der Waals surface area contributed by atoms with Gasteiger partial charge in [0.25, 0.3) is 0 Å². The van der Waals surface area contributed by atoms with Gasteiger partial charge in [-0.05, 0) is 20.3 Å². The van der Waals surface area contributed by atoms with Crippen molar-refractivity contribution >= 4 is 0 Å². The van der Waals surface area contributed by atoms with Crippen LogP contribution in [0.15, 0.2) is 0 Å². The SMILES string of the molecule is CC[C@@]1(CO)O[C@H]2OC(C)(C)O[C@H]2C1O. The smallest absolute Gasteiger partial charge is 0.190 e. The highest BCUT2D eigenvalue weighted by molar-refractivity contribution is 5.02. The summed E-state index contributed by atoms with van der Waals surface area (Å²) in [5, 5.41) is 19.3. The summed E-state index contributed by atoms with van der Waals surface area (Å²) < 4.78 is 16.6. The van der Waals surface area contributed by atoms with Gasteiger partial charge in [-0.25, -0.2) is 0 Å². The lowest BCUT2D eigenvalue weighted by Gasteiger charge is -2.31. The van der Waals surface area contributed by atoms with E-state index >= 15 is 0 Å². The molecule has 0 aromatic carbocycles. The van der Waals surface area contributed by atoms with Crippen LogP contribution in [-0.4, -0.2) is 46.7 Å². The summed E-state index contributed by atoms with van der Waals surface area (Å²) in [6.45, 7) is 5.17. The van der Waals surface area contributed by atoms with Crippen molar-refractivity contribution in [2.75, 3.05) is 6.61 Å². The monoisotopic (exact) mass is 218 g/mol. The van der Waals surface area contributed by atoms with Crippen LogP contribution in [0.25, 0.3) is 0 Å². The topological polar surface area (TPSA) is 68.2 Å². The van der Waals surface area contributed by atoms with E-state index in [-0.39, 0.29) is 6.61 Å². The van der Waals surface area contributed by atoms with E-state index in [1.807, 2.05) is 6.92 Å². The normalized spacial score (nSPS) is 48.2. The molecule has 2 saturated heterocycles. The van der Waals surface area contributed by atoms with Crippen LogP contribution in [0.4, 0.5) is 0 Å². The zero-order chi connectivity index (χ0) is 11.3.